The number of carboxylic acids is 1. The zero-order valence-corrected chi connectivity index (χ0v) is 12.0. The molecule has 3 aromatic carbocycles. The highest BCUT2D eigenvalue weighted by Gasteiger charge is 2.11. The van der Waals surface area contributed by atoms with E-state index in [4.69, 9.17) is 5.11 Å². The summed E-state index contributed by atoms with van der Waals surface area (Å²) in [6.07, 6.45) is 1.83. The lowest BCUT2D eigenvalue weighted by Crippen LogP contribution is -1.97. The standard InChI is InChI=1S/C19H16O3/c20-18-12-15-9-8-14(7-6-13-4-2-1-3-5-13)10-16(15)11-17(18)19(21)22/h1-5,8-12,20H,6-7H2,(H,21,22). The van der Waals surface area contributed by atoms with Crippen molar-refractivity contribution in [2.45, 2.75) is 12.8 Å². The van der Waals surface area contributed by atoms with Crippen molar-refractivity contribution in [3.05, 3.63) is 77.4 Å². The van der Waals surface area contributed by atoms with E-state index in [1.54, 1.807) is 0 Å². The number of fused-ring (bicyclic) bond motifs is 1. The summed E-state index contributed by atoms with van der Waals surface area (Å²) < 4.78 is 0. The Morgan fingerprint density at radius 1 is 0.818 bits per heavy atom. The molecule has 0 heterocycles. The van der Waals surface area contributed by atoms with Gasteiger partial charge in [-0.3, -0.25) is 0 Å². The molecule has 0 radical (unpaired) electrons. The highest BCUT2D eigenvalue weighted by atomic mass is 16.4. The molecule has 110 valence electrons. The van der Waals surface area contributed by atoms with E-state index >= 15 is 0 Å². The van der Waals surface area contributed by atoms with Gasteiger partial charge in [0.15, 0.2) is 0 Å². The Morgan fingerprint density at radius 2 is 1.55 bits per heavy atom. The highest BCUT2D eigenvalue weighted by molar-refractivity contribution is 5.97. The van der Waals surface area contributed by atoms with Gasteiger partial charge in [-0.15, -0.1) is 0 Å². The van der Waals surface area contributed by atoms with Crippen molar-refractivity contribution in [1.82, 2.24) is 0 Å². The summed E-state index contributed by atoms with van der Waals surface area (Å²) >= 11 is 0. The molecule has 0 aliphatic heterocycles. The minimum Gasteiger partial charge on any atom is -0.507 e. The van der Waals surface area contributed by atoms with Crippen LogP contribution in [0.5, 0.6) is 5.75 Å². The van der Waals surface area contributed by atoms with Gasteiger partial charge in [0.25, 0.3) is 0 Å². The Balaban J connectivity index is 1.88. The van der Waals surface area contributed by atoms with Crippen LogP contribution in [0.15, 0.2) is 60.7 Å². The van der Waals surface area contributed by atoms with Crippen LogP contribution in [0.1, 0.15) is 21.5 Å². The van der Waals surface area contributed by atoms with Crippen molar-refractivity contribution in [3.63, 3.8) is 0 Å². The van der Waals surface area contributed by atoms with Crippen LogP contribution in [-0.4, -0.2) is 16.2 Å². The van der Waals surface area contributed by atoms with E-state index in [2.05, 4.69) is 12.1 Å². The summed E-state index contributed by atoms with van der Waals surface area (Å²) in [6, 6.07) is 19.2. The summed E-state index contributed by atoms with van der Waals surface area (Å²) in [4.78, 5) is 11.1. The molecule has 3 nitrogen and oxygen atoms in total. The molecule has 3 heteroatoms. The number of aromatic hydroxyl groups is 1. The molecule has 22 heavy (non-hydrogen) atoms. The second-order valence-electron chi connectivity index (χ2n) is 5.34. The number of hydrogen-bond acceptors (Lipinski definition) is 2. The Kier molecular flexibility index (Phi) is 3.79. The molecule has 0 aliphatic carbocycles. The third-order valence-electron chi connectivity index (χ3n) is 3.79. The molecule has 0 bridgehead atoms. The molecule has 2 N–H and O–H groups in total. The number of aromatic carboxylic acids is 1. The van der Waals surface area contributed by atoms with Crippen LogP contribution in [0.3, 0.4) is 0 Å². The van der Waals surface area contributed by atoms with Crippen LogP contribution >= 0.6 is 0 Å². The molecule has 3 rings (SSSR count). The minimum atomic E-state index is -1.12. The van der Waals surface area contributed by atoms with E-state index in [0.29, 0.717) is 0 Å². The molecule has 0 spiro atoms. The Bertz CT molecular complexity index is 823. The smallest absolute Gasteiger partial charge is 0.339 e. The van der Waals surface area contributed by atoms with Crippen LogP contribution in [-0.2, 0) is 12.8 Å². The van der Waals surface area contributed by atoms with Gasteiger partial charge in [0.2, 0.25) is 0 Å². The van der Waals surface area contributed by atoms with Gasteiger partial charge < -0.3 is 10.2 Å². The normalized spacial score (nSPS) is 10.7. The van der Waals surface area contributed by atoms with Gasteiger partial charge >= 0.3 is 5.97 Å². The number of hydrogen-bond donors (Lipinski definition) is 2. The summed E-state index contributed by atoms with van der Waals surface area (Å²) in [7, 11) is 0. The zero-order valence-electron chi connectivity index (χ0n) is 12.0. The molecule has 0 fully saturated rings. The van der Waals surface area contributed by atoms with Crippen LogP contribution in [0, 0.1) is 0 Å². The largest absolute Gasteiger partial charge is 0.507 e. The summed E-state index contributed by atoms with van der Waals surface area (Å²) in [5.74, 6) is -1.31. The fraction of sp³-hybridized carbons (Fsp3) is 0.105. The number of benzene rings is 3. The minimum absolute atomic E-state index is 0.0623. The Labute approximate surface area is 128 Å². The van der Waals surface area contributed by atoms with Crippen molar-refractivity contribution >= 4 is 16.7 Å². The van der Waals surface area contributed by atoms with Crippen molar-refractivity contribution in [3.8, 4) is 5.75 Å². The number of carboxylic acid groups (broad SMARTS) is 1. The fourth-order valence-corrected chi connectivity index (χ4v) is 2.60. The third kappa shape index (κ3) is 2.93. The van der Waals surface area contributed by atoms with Crippen LogP contribution < -0.4 is 0 Å². The molecule has 0 saturated carbocycles. The molecular formula is C19H16O3. The summed E-state index contributed by atoms with van der Waals surface area (Å²) in [6.45, 7) is 0. The first-order valence-corrected chi connectivity index (χ1v) is 7.16. The van der Waals surface area contributed by atoms with Gasteiger partial charge in [-0.1, -0.05) is 48.5 Å². The second kappa shape index (κ2) is 5.90. The SMILES string of the molecule is O=C(O)c1cc2cc(CCc3ccccc3)ccc2cc1O. The van der Waals surface area contributed by atoms with Crippen LogP contribution in [0.25, 0.3) is 10.8 Å². The topological polar surface area (TPSA) is 57.5 Å². The molecule has 3 aromatic rings. The van der Waals surface area contributed by atoms with Gasteiger partial charge in [-0.2, -0.15) is 0 Å². The predicted molar refractivity (Wildman–Crippen MR) is 86.4 cm³/mol. The van der Waals surface area contributed by atoms with E-state index in [1.165, 1.54) is 17.7 Å². The highest BCUT2D eigenvalue weighted by Crippen LogP contribution is 2.26. The zero-order chi connectivity index (χ0) is 15.5. The number of carbonyl (C=O) groups is 1. The van der Waals surface area contributed by atoms with E-state index in [-0.39, 0.29) is 11.3 Å². The van der Waals surface area contributed by atoms with Gasteiger partial charge in [-0.05, 0) is 46.9 Å². The lowest BCUT2D eigenvalue weighted by molar-refractivity contribution is 0.0694. The van der Waals surface area contributed by atoms with Gasteiger partial charge in [0.1, 0.15) is 11.3 Å². The lowest BCUT2D eigenvalue weighted by Gasteiger charge is -2.07. The molecule has 0 saturated heterocycles. The van der Waals surface area contributed by atoms with Crippen molar-refractivity contribution in [1.29, 1.82) is 0 Å². The number of aryl methyl sites for hydroxylation is 2. The Hall–Kier alpha value is -2.81. The fourth-order valence-electron chi connectivity index (χ4n) is 2.60. The van der Waals surface area contributed by atoms with E-state index in [9.17, 15) is 9.90 Å². The van der Waals surface area contributed by atoms with E-state index < -0.39 is 5.97 Å². The second-order valence-corrected chi connectivity index (χ2v) is 5.34. The Morgan fingerprint density at radius 3 is 2.27 bits per heavy atom. The van der Waals surface area contributed by atoms with E-state index in [1.807, 2.05) is 36.4 Å². The first-order valence-electron chi connectivity index (χ1n) is 7.16. The molecular weight excluding hydrogens is 276 g/mol. The maximum atomic E-state index is 11.1. The van der Waals surface area contributed by atoms with Crippen molar-refractivity contribution < 1.29 is 15.0 Å². The number of rotatable bonds is 4. The predicted octanol–water partition coefficient (Wildman–Crippen LogP) is 4.03. The molecule has 0 unspecified atom stereocenters. The van der Waals surface area contributed by atoms with Crippen LogP contribution in [0.4, 0.5) is 0 Å². The first kappa shape index (κ1) is 14.1. The third-order valence-corrected chi connectivity index (χ3v) is 3.79. The summed E-state index contributed by atoms with van der Waals surface area (Å²) in [5, 5.41) is 20.5. The molecule has 0 aromatic heterocycles. The molecule has 0 amide bonds. The number of phenols is 1. The van der Waals surface area contributed by atoms with Gasteiger partial charge in [-0.25, -0.2) is 4.79 Å². The molecule has 0 aliphatic rings. The quantitative estimate of drug-likeness (QED) is 0.763. The summed E-state index contributed by atoms with van der Waals surface area (Å²) in [5.41, 5.74) is 2.37. The average Bonchev–Trinajstić information content (AvgIpc) is 2.53. The first-order chi connectivity index (χ1) is 10.6. The molecule has 0 atom stereocenters. The monoisotopic (exact) mass is 292 g/mol. The lowest BCUT2D eigenvalue weighted by atomic mass is 9.99. The maximum absolute atomic E-state index is 11.1. The van der Waals surface area contributed by atoms with E-state index in [0.717, 1.165) is 29.2 Å². The van der Waals surface area contributed by atoms with Crippen molar-refractivity contribution in [2.24, 2.45) is 0 Å². The van der Waals surface area contributed by atoms with Gasteiger partial charge in [0, 0.05) is 0 Å². The van der Waals surface area contributed by atoms with Crippen molar-refractivity contribution in [2.75, 3.05) is 0 Å². The maximum Gasteiger partial charge on any atom is 0.339 e. The van der Waals surface area contributed by atoms with Crippen LogP contribution in [0.2, 0.25) is 0 Å². The van der Waals surface area contributed by atoms with Gasteiger partial charge in [0.05, 0.1) is 0 Å². The average molecular weight is 292 g/mol.